The molecule has 0 heterocycles. The molecular formula is C20H21N5OS. The number of benzene rings is 2. The Labute approximate surface area is 164 Å². The van der Waals surface area contributed by atoms with Crippen molar-refractivity contribution in [1.29, 1.82) is 5.26 Å². The van der Waals surface area contributed by atoms with E-state index in [1.54, 1.807) is 6.07 Å². The summed E-state index contributed by atoms with van der Waals surface area (Å²) in [6.45, 7) is 5.67. The van der Waals surface area contributed by atoms with Gasteiger partial charge in [-0.05, 0) is 55.2 Å². The van der Waals surface area contributed by atoms with Crippen LogP contribution in [0.1, 0.15) is 28.2 Å². The number of nitriles is 1. The number of nitrogens with zero attached hydrogens (tertiary/aromatic N) is 2. The number of nitrogens with one attached hydrogen (secondary N) is 2. The Morgan fingerprint density at radius 1 is 1.11 bits per heavy atom. The van der Waals surface area contributed by atoms with Crippen molar-refractivity contribution in [2.45, 2.75) is 26.7 Å². The number of carbonyl (C=O) groups is 1. The molecule has 0 aromatic heterocycles. The summed E-state index contributed by atoms with van der Waals surface area (Å²) in [6.07, 6.45) is 0. The van der Waals surface area contributed by atoms with Gasteiger partial charge in [0, 0.05) is 5.69 Å². The molecule has 2 aromatic carbocycles. The monoisotopic (exact) mass is 379 g/mol. The highest BCUT2D eigenvalue weighted by Crippen LogP contribution is 2.24. The van der Waals surface area contributed by atoms with E-state index in [1.165, 1.54) is 0 Å². The maximum atomic E-state index is 13.0. The van der Waals surface area contributed by atoms with Crippen molar-refractivity contribution in [2.75, 3.05) is 5.32 Å². The maximum absolute atomic E-state index is 13.0. The summed E-state index contributed by atoms with van der Waals surface area (Å²) in [5.41, 5.74) is 12.0. The van der Waals surface area contributed by atoms with Crippen molar-refractivity contribution in [3.05, 3.63) is 64.7 Å². The fraction of sp³-hybridized carbons (Fsp3) is 0.200. The van der Waals surface area contributed by atoms with E-state index >= 15 is 0 Å². The van der Waals surface area contributed by atoms with Crippen molar-refractivity contribution >= 4 is 34.6 Å². The fourth-order valence-electron chi connectivity index (χ4n) is 2.74. The van der Waals surface area contributed by atoms with Crippen LogP contribution in [0.15, 0.2) is 47.6 Å². The average Bonchev–Trinajstić information content (AvgIpc) is 2.62. The summed E-state index contributed by atoms with van der Waals surface area (Å²) in [4.78, 5) is 13.0. The summed E-state index contributed by atoms with van der Waals surface area (Å²) in [5, 5.41) is 16.6. The number of para-hydroxylation sites is 1. The van der Waals surface area contributed by atoms with E-state index in [0.717, 1.165) is 16.7 Å². The number of rotatable bonds is 5. The van der Waals surface area contributed by atoms with Crippen LogP contribution in [-0.2, 0) is 4.79 Å². The molecule has 0 aliphatic rings. The standard InChI is InChI=1S/C20H21N5OS/c1-12-7-4-5-10-15(12)16(11-21)18(24-25-20(22)27)19(26)23-17-13(2)8-6-9-14(17)3/h4-10,16H,1-3H3,(H,23,26)(H3,22,25,27)/b24-18+. The zero-order valence-electron chi connectivity index (χ0n) is 15.4. The highest BCUT2D eigenvalue weighted by molar-refractivity contribution is 7.80. The number of thiocarbonyl (C=S) groups is 1. The SMILES string of the molecule is Cc1ccccc1C(C#N)/C(=N\NC(N)=S)C(=O)Nc1c(C)cccc1C. The van der Waals surface area contributed by atoms with Crippen LogP contribution in [0.5, 0.6) is 0 Å². The van der Waals surface area contributed by atoms with E-state index in [2.05, 4.69) is 21.9 Å². The van der Waals surface area contributed by atoms with Crippen LogP contribution in [0.2, 0.25) is 0 Å². The normalized spacial score (nSPS) is 12.0. The van der Waals surface area contributed by atoms with Gasteiger partial charge in [-0.3, -0.25) is 10.2 Å². The molecule has 0 radical (unpaired) electrons. The lowest BCUT2D eigenvalue weighted by molar-refractivity contribution is -0.110. The zero-order valence-corrected chi connectivity index (χ0v) is 16.2. The number of hydrogen-bond donors (Lipinski definition) is 3. The van der Waals surface area contributed by atoms with E-state index in [-0.39, 0.29) is 10.8 Å². The predicted octanol–water partition coefficient (Wildman–Crippen LogP) is 3.05. The third-order valence-corrected chi connectivity index (χ3v) is 4.23. The number of amides is 1. The number of anilines is 1. The van der Waals surface area contributed by atoms with Gasteiger partial charge in [0.2, 0.25) is 0 Å². The highest BCUT2D eigenvalue weighted by Gasteiger charge is 2.27. The molecular weight excluding hydrogens is 358 g/mol. The lowest BCUT2D eigenvalue weighted by Gasteiger charge is -2.17. The van der Waals surface area contributed by atoms with E-state index in [4.69, 9.17) is 18.0 Å². The van der Waals surface area contributed by atoms with Gasteiger partial charge >= 0.3 is 0 Å². The number of hydrogen-bond acceptors (Lipinski definition) is 4. The Bertz CT molecular complexity index is 925. The molecule has 6 nitrogen and oxygen atoms in total. The van der Waals surface area contributed by atoms with Crippen molar-refractivity contribution in [1.82, 2.24) is 5.43 Å². The van der Waals surface area contributed by atoms with Gasteiger partial charge in [0.25, 0.3) is 5.91 Å². The molecule has 7 heteroatoms. The maximum Gasteiger partial charge on any atom is 0.273 e. The Morgan fingerprint density at radius 3 is 2.26 bits per heavy atom. The molecule has 0 fully saturated rings. The first-order valence-electron chi connectivity index (χ1n) is 8.31. The Kier molecular flexibility index (Phi) is 6.63. The molecule has 0 bridgehead atoms. The van der Waals surface area contributed by atoms with Gasteiger partial charge in [0.05, 0.1) is 6.07 Å². The summed E-state index contributed by atoms with van der Waals surface area (Å²) in [7, 11) is 0. The van der Waals surface area contributed by atoms with Crippen LogP contribution in [0.25, 0.3) is 0 Å². The molecule has 138 valence electrons. The predicted molar refractivity (Wildman–Crippen MR) is 111 cm³/mol. The lowest BCUT2D eigenvalue weighted by atomic mass is 9.91. The molecule has 1 unspecified atom stereocenters. The molecule has 1 amide bonds. The molecule has 1 atom stereocenters. The fourth-order valence-corrected chi connectivity index (χ4v) is 2.79. The van der Waals surface area contributed by atoms with Crippen LogP contribution in [0.3, 0.4) is 0 Å². The van der Waals surface area contributed by atoms with Gasteiger partial charge < -0.3 is 11.1 Å². The Morgan fingerprint density at radius 2 is 1.70 bits per heavy atom. The molecule has 27 heavy (non-hydrogen) atoms. The number of nitrogens with two attached hydrogens (primary N) is 1. The summed E-state index contributed by atoms with van der Waals surface area (Å²) in [6, 6.07) is 15.2. The summed E-state index contributed by atoms with van der Waals surface area (Å²) in [5.74, 6) is -1.37. The number of aryl methyl sites for hydroxylation is 3. The van der Waals surface area contributed by atoms with Gasteiger partial charge in [-0.2, -0.15) is 10.4 Å². The summed E-state index contributed by atoms with van der Waals surface area (Å²) < 4.78 is 0. The van der Waals surface area contributed by atoms with E-state index in [1.807, 2.05) is 57.2 Å². The zero-order chi connectivity index (χ0) is 20.0. The smallest absolute Gasteiger partial charge is 0.273 e. The Balaban J connectivity index is 2.46. The molecule has 2 rings (SSSR count). The molecule has 0 spiro atoms. The third kappa shape index (κ3) is 4.90. The van der Waals surface area contributed by atoms with Crippen LogP contribution < -0.4 is 16.5 Å². The van der Waals surface area contributed by atoms with E-state index in [9.17, 15) is 10.1 Å². The molecule has 0 aliphatic heterocycles. The van der Waals surface area contributed by atoms with Crippen LogP contribution in [0.4, 0.5) is 5.69 Å². The minimum Gasteiger partial charge on any atom is -0.375 e. The van der Waals surface area contributed by atoms with Crippen LogP contribution >= 0.6 is 12.2 Å². The van der Waals surface area contributed by atoms with Gasteiger partial charge in [-0.1, -0.05) is 42.5 Å². The minimum absolute atomic E-state index is 0.0118. The third-order valence-electron chi connectivity index (χ3n) is 4.14. The second kappa shape index (κ2) is 8.92. The number of carbonyl (C=O) groups excluding carboxylic acids is 1. The molecule has 0 aliphatic carbocycles. The molecule has 0 saturated heterocycles. The first-order valence-corrected chi connectivity index (χ1v) is 8.71. The van der Waals surface area contributed by atoms with E-state index < -0.39 is 11.8 Å². The molecule has 2 aromatic rings. The van der Waals surface area contributed by atoms with Crippen LogP contribution in [0, 0.1) is 32.1 Å². The number of hydrazone groups is 1. The second-order valence-electron chi connectivity index (χ2n) is 6.11. The molecule has 0 saturated carbocycles. The van der Waals surface area contributed by atoms with Crippen molar-refractivity contribution in [3.8, 4) is 6.07 Å². The van der Waals surface area contributed by atoms with Crippen molar-refractivity contribution in [2.24, 2.45) is 10.8 Å². The first kappa shape index (κ1) is 20.1. The van der Waals surface area contributed by atoms with Gasteiger partial charge in [-0.15, -0.1) is 0 Å². The quantitative estimate of drug-likeness (QED) is 0.421. The van der Waals surface area contributed by atoms with Crippen molar-refractivity contribution < 1.29 is 4.79 Å². The van der Waals surface area contributed by atoms with E-state index in [0.29, 0.717) is 11.3 Å². The topological polar surface area (TPSA) is 103 Å². The largest absolute Gasteiger partial charge is 0.375 e. The van der Waals surface area contributed by atoms with Crippen molar-refractivity contribution in [3.63, 3.8) is 0 Å². The lowest BCUT2D eigenvalue weighted by Crippen LogP contribution is -2.33. The molecule has 4 N–H and O–H groups in total. The Hall–Kier alpha value is -3.24. The van der Waals surface area contributed by atoms with Gasteiger partial charge in [-0.25, -0.2) is 0 Å². The summed E-state index contributed by atoms with van der Waals surface area (Å²) >= 11 is 4.78. The van der Waals surface area contributed by atoms with Crippen LogP contribution in [-0.4, -0.2) is 16.7 Å². The average molecular weight is 379 g/mol. The second-order valence-corrected chi connectivity index (χ2v) is 6.55. The first-order chi connectivity index (χ1) is 12.8. The minimum atomic E-state index is -0.877. The van der Waals surface area contributed by atoms with Gasteiger partial charge in [0.1, 0.15) is 11.6 Å². The van der Waals surface area contributed by atoms with Gasteiger partial charge in [0.15, 0.2) is 5.11 Å². The highest BCUT2D eigenvalue weighted by atomic mass is 32.1.